The highest BCUT2D eigenvalue weighted by atomic mass is 79.9. The molecule has 35 heavy (non-hydrogen) atoms. The van der Waals surface area contributed by atoms with Crippen LogP contribution in [0.2, 0.25) is 0 Å². The maximum Gasteiger partial charge on any atom is 0.212 e. The van der Waals surface area contributed by atoms with Gasteiger partial charge in [0.25, 0.3) is 0 Å². The zero-order valence-electron chi connectivity index (χ0n) is 19.7. The number of ether oxygens (including phenoxy) is 2. The minimum atomic E-state index is 0.477. The van der Waals surface area contributed by atoms with Crippen molar-refractivity contribution in [1.82, 2.24) is 14.9 Å². The van der Waals surface area contributed by atoms with Gasteiger partial charge in [-0.3, -0.25) is 0 Å². The van der Waals surface area contributed by atoms with Crippen LogP contribution in [0.4, 0.5) is 0 Å². The summed E-state index contributed by atoms with van der Waals surface area (Å²) in [6.45, 7) is 2.60. The monoisotopic (exact) mass is 550 g/mol. The Hall–Kier alpha value is -3.10. The van der Waals surface area contributed by atoms with Crippen molar-refractivity contribution in [2.45, 2.75) is 37.3 Å². The number of benzene rings is 3. The largest absolute Gasteiger partial charge is 0.493 e. The molecule has 0 radical (unpaired) electrons. The van der Waals surface area contributed by atoms with Crippen molar-refractivity contribution in [2.75, 3.05) is 7.11 Å². The summed E-state index contributed by atoms with van der Waals surface area (Å²) in [7, 11) is 1.64. The number of methoxy groups -OCH3 is 1. The van der Waals surface area contributed by atoms with Gasteiger partial charge in [0.1, 0.15) is 6.61 Å². The summed E-state index contributed by atoms with van der Waals surface area (Å²) in [6.07, 6.45) is 3.57. The van der Waals surface area contributed by atoms with Gasteiger partial charge in [-0.2, -0.15) is 9.78 Å². The number of nitrogens with zero attached hydrogens (tertiary/aromatic N) is 4. The number of hydrogen-bond donors (Lipinski definition) is 0. The highest BCUT2D eigenvalue weighted by Gasteiger charge is 2.12. The van der Waals surface area contributed by atoms with Crippen molar-refractivity contribution < 1.29 is 9.47 Å². The summed E-state index contributed by atoms with van der Waals surface area (Å²) in [6, 6.07) is 24.1. The summed E-state index contributed by atoms with van der Waals surface area (Å²) >= 11 is 5.10. The van der Waals surface area contributed by atoms with Crippen LogP contribution in [0, 0.1) is 0 Å². The molecule has 4 aromatic rings. The Morgan fingerprint density at radius 3 is 2.51 bits per heavy atom. The number of aryl methyl sites for hydroxylation is 1. The Kier molecular flexibility index (Phi) is 8.97. The predicted molar refractivity (Wildman–Crippen MR) is 144 cm³/mol. The Morgan fingerprint density at radius 1 is 0.971 bits per heavy atom. The first kappa shape index (κ1) is 25.0. The Balaban J connectivity index is 1.49. The Morgan fingerprint density at radius 2 is 1.77 bits per heavy atom. The van der Waals surface area contributed by atoms with Gasteiger partial charge in [0.05, 0.1) is 13.3 Å². The number of aromatic nitrogens is 3. The van der Waals surface area contributed by atoms with Gasteiger partial charge in [-0.15, -0.1) is 10.2 Å². The molecule has 0 amide bonds. The molecular weight excluding hydrogens is 524 g/mol. The third-order valence-electron chi connectivity index (χ3n) is 5.18. The third kappa shape index (κ3) is 6.96. The van der Waals surface area contributed by atoms with E-state index in [9.17, 15) is 0 Å². The number of rotatable bonds is 11. The van der Waals surface area contributed by atoms with Crippen molar-refractivity contribution in [3.05, 3.63) is 99.8 Å². The van der Waals surface area contributed by atoms with Crippen molar-refractivity contribution in [2.24, 2.45) is 5.10 Å². The summed E-state index contributed by atoms with van der Waals surface area (Å²) in [5, 5.41) is 14.2. The molecule has 0 aliphatic carbocycles. The van der Waals surface area contributed by atoms with E-state index in [1.165, 1.54) is 5.56 Å². The van der Waals surface area contributed by atoms with Gasteiger partial charge in [0, 0.05) is 16.6 Å². The van der Waals surface area contributed by atoms with Crippen LogP contribution in [0.5, 0.6) is 11.5 Å². The summed E-state index contributed by atoms with van der Waals surface area (Å²) in [5.74, 6) is 2.98. The molecule has 0 N–H and O–H groups in total. The fourth-order valence-corrected chi connectivity index (χ4v) is 4.48. The maximum atomic E-state index is 5.97. The standard InChI is InChI=1S/C27H27BrN4O2S/c1-3-7-26-30-31-27(35-19-21-10-13-23(28)14-11-21)32(26)29-17-22-12-15-24(25(16-22)33-2)34-18-20-8-5-4-6-9-20/h4-6,8-17H,3,7,18-19H2,1-2H3/b29-17+. The SMILES string of the molecule is CCCc1nnc(SCc2ccc(Br)cc2)n1/N=C/c1ccc(OCc2ccccc2)c(OC)c1. The highest BCUT2D eigenvalue weighted by Crippen LogP contribution is 2.29. The van der Waals surface area contributed by atoms with Gasteiger partial charge in [0.2, 0.25) is 5.16 Å². The lowest BCUT2D eigenvalue weighted by Gasteiger charge is -2.11. The first-order valence-electron chi connectivity index (χ1n) is 11.4. The lowest BCUT2D eigenvalue weighted by molar-refractivity contribution is 0.284. The molecule has 1 heterocycles. The molecule has 4 rings (SSSR count). The van der Waals surface area contributed by atoms with E-state index in [1.54, 1.807) is 25.1 Å². The van der Waals surface area contributed by atoms with Gasteiger partial charge in [-0.1, -0.05) is 77.1 Å². The maximum absolute atomic E-state index is 5.97. The zero-order chi connectivity index (χ0) is 24.5. The molecule has 0 aliphatic heterocycles. The molecule has 0 saturated carbocycles. The van der Waals surface area contributed by atoms with E-state index in [-0.39, 0.29) is 0 Å². The van der Waals surface area contributed by atoms with E-state index in [0.717, 1.165) is 45.2 Å². The summed E-state index contributed by atoms with van der Waals surface area (Å²) < 4.78 is 14.4. The molecule has 0 atom stereocenters. The molecule has 1 aromatic heterocycles. The van der Waals surface area contributed by atoms with Gasteiger partial charge in [0.15, 0.2) is 17.3 Å². The average Bonchev–Trinajstić information content (AvgIpc) is 3.28. The molecule has 3 aromatic carbocycles. The Bertz CT molecular complexity index is 1260. The number of hydrogen-bond acceptors (Lipinski definition) is 6. The molecular formula is C27H27BrN4O2S. The van der Waals surface area contributed by atoms with Crippen LogP contribution in [-0.2, 0) is 18.8 Å². The van der Waals surface area contributed by atoms with Crippen LogP contribution in [0.25, 0.3) is 0 Å². The van der Waals surface area contributed by atoms with Crippen LogP contribution < -0.4 is 9.47 Å². The average molecular weight is 552 g/mol. The van der Waals surface area contributed by atoms with E-state index < -0.39 is 0 Å². The second-order valence-electron chi connectivity index (χ2n) is 7.80. The third-order valence-corrected chi connectivity index (χ3v) is 6.70. The van der Waals surface area contributed by atoms with Crippen LogP contribution in [-0.4, -0.2) is 28.2 Å². The van der Waals surface area contributed by atoms with Crippen molar-refractivity contribution in [3.8, 4) is 11.5 Å². The second kappa shape index (κ2) is 12.6. The highest BCUT2D eigenvalue weighted by molar-refractivity contribution is 9.10. The molecule has 6 nitrogen and oxygen atoms in total. The quantitative estimate of drug-likeness (QED) is 0.152. The molecule has 8 heteroatoms. The lowest BCUT2D eigenvalue weighted by Crippen LogP contribution is -2.01. The minimum absolute atomic E-state index is 0.477. The molecule has 0 bridgehead atoms. The molecule has 0 spiro atoms. The van der Waals surface area contributed by atoms with E-state index in [2.05, 4.69) is 45.2 Å². The molecule has 0 unspecified atom stereocenters. The normalized spacial score (nSPS) is 11.2. The number of halogens is 1. The minimum Gasteiger partial charge on any atom is -0.493 e. The first-order valence-corrected chi connectivity index (χ1v) is 13.1. The van der Waals surface area contributed by atoms with Gasteiger partial charge in [-0.25, -0.2) is 0 Å². The predicted octanol–water partition coefficient (Wildman–Crippen LogP) is 6.76. The van der Waals surface area contributed by atoms with E-state index >= 15 is 0 Å². The van der Waals surface area contributed by atoms with Crippen LogP contribution in [0.1, 0.15) is 35.9 Å². The van der Waals surface area contributed by atoms with Gasteiger partial charge < -0.3 is 9.47 Å². The smallest absolute Gasteiger partial charge is 0.212 e. The lowest BCUT2D eigenvalue weighted by atomic mass is 10.2. The molecule has 0 aliphatic rings. The fraction of sp³-hybridized carbons (Fsp3) is 0.222. The first-order chi connectivity index (χ1) is 17.2. The molecule has 0 fully saturated rings. The van der Waals surface area contributed by atoms with Crippen LogP contribution in [0.3, 0.4) is 0 Å². The fourth-order valence-electron chi connectivity index (χ4n) is 3.35. The van der Waals surface area contributed by atoms with E-state index in [1.807, 2.05) is 65.3 Å². The molecule has 0 saturated heterocycles. The number of thioether (sulfide) groups is 1. The topological polar surface area (TPSA) is 61.5 Å². The van der Waals surface area contributed by atoms with Gasteiger partial charge in [-0.05, 0) is 53.4 Å². The van der Waals surface area contributed by atoms with Crippen LogP contribution >= 0.6 is 27.7 Å². The second-order valence-corrected chi connectivity index (χ2v) is 9.66. The van der Waals surface area contributed by atoms with E-state index in [4.69, 9.17) is 14.6 Å². The Labute approximate surface area is 218 Å². The van der Waals surface area contributed by atoms with Crippen LogP contribution in [0.15, 0.2) is 87.5 Å². The van der Waals surface area contributed by atoms with Crippen molar-refractivity contribution >= 4 is 33.9 Å². The van der Waals surface area contributed by atoms with Gasteiger partial charge >= 0.3 is 0 Å². The van der Waals surface area contributed by atoms with Crippen molar-refractivity contribution in [1.29, 1.82) is 0 Å². The zero-order valence-corrected chi connectivity index (χ0v) is 22.1. The molecule has 180 valence electrons. The summed E-state index contributed by atoms with van der Waals surface area (Å²) in [4.78, 5) is 0. The summed E-state index contributed by atoms with van der Waals surface area (Å²) in [5.41, 5.74) is 3.21. The van der Waals surface area contributed by atoms with Crippen molar-refractivity contribution in [3.63, 3.8) is 0 Å². The van der Waals surface area contributed by atoms with E-state index in [0.29, 0.717) is 18.1 Å².